The Morgan fingerprint density at radius 3 is 2.29 bits per heavy atom. The van der Waals surface area contributed by atoms with Crippen molar-refractivity contribution in [3.8, 4) is 0 Å². The van der Waals surface area contributed by atoms with Crippen LogP contribution in [0.25, 0.3) is 0 Å². The quantitative estimate of drug-likeness (QED) is 0.573. The minimum Gasteiger partial charge on any atom is -0.465 e. The van der Waals surface area contributed by atoms with Crippen LogP contribution < -0.4 is 0 Å². The summed E-state index contributed by atoms with van der Waals surface area (Å²) in [6.07, 6.45) is -3.71. The second-order valence-electron chi connectivity index (χ2n) is 8.45. The first-order valence-electron chi connectivity index (χ1n) is 10.4. The lowest BCUT2D eigenvalue weighted by Gasteiger charge is -2.44. The first kappa shape index (κ1) is 25.6. The van der Waals surface area contributed by atoms with E-state index in [0.717, 1.165) is 12.1 Å². The first-order chi connectivity index (χ1) is 14.2. The number of piperidine rings is 1. The van der Waals surface area contributed by atoms with E-state index in [1.807, 2.05) is 4.90 Å². The third-order valence-corrected chi connectivity index (χ3v) is 7.76. The summed E-state index contributed by atoms with van der Waals surface area (Å²) in [4.78, 5) is 13.9. The summed E-state index contributed by atoms with van der Waals surface area (Å²) in [7, 11) is -4.14. The van der Waals surface area contributed by atoms with Crippen LogP contribution in [0.1, 0.15) is 53.0 Å². The van der Waals surface area contributed by atoms with E-state index in [0.29, 0.717) is 32.0 Å². The summed E-state index contributed by atoms with van der Waals surface area (Å²) in [5.74, 6) is -0.342. The highest BCUT2D eigenvalue weighted by molar-refractivity contribution is 7.89. The molecule has 31 heavy (non-hydrogen) atoms. The Labute approximate surface area is 182 Å². The number of nitrogens with zero attached hydrogens (tertiary/aromatic N) is 2. The van der Waals surface area contributed by atoms with E-state index in [1.165, 1.54) is 10.4 Å². The molecule has 2 rings (SSSR count). The lowest BCUT2D eigenvalue weighted by atomic mass is 9.96. The third kappa shape index (κ3) is 5.59. The van der Waals surface area contributed by atoms with Gasteiger partial charge in [0, 0.05) is 25.2 Å². The number of carbonyl (C=O) groups excluding carboxylic acids is 1. The number of rotatable bonds is 7. The van der Waals surface area contributed by atoms with Crippen LogP contribution in [0.15, 0.2) is 29.2 Å². The van der Waals surface area contributed by atoms with E-state index in [1.54, 1.807) is 34.6 Å². The zero-order valence-corrected chi connectivity index (χ0v) is 19.4. The Balaban J connectivity index is 2.25. The molecule has 0 bridgehead atoms. The van der Waals surface area contributed by atoms with Gasteiger partial charge in [0.2, 0.25) is 10.0 Å². The average molecular weight is 465 g/mol. The molecule has 6 nitrogen and oxygen atoms in total. The molecule has 0 aliphatic carbocycles. The van der Waals surface area contributed by atoms with Gasteiger partial charge in [0.05, 0.1) is 17.1 Å². The Morgan fingerprint density at radius 2 is 1.81 bits per heavy atom. The lowest BCUT2D eigenvalue weighted by molar-refractivity contribution is -0.156. The number of likely N-dealkylation sites (tertiary alicyclic amines) is 1. The number of halogens is 3. The van der Waals surface area contributed by atoms with Crippen molar-refractivity contribution in [2.75, 3.05) is 19.7 Å². The smallest absolute Gasteiger partial charge is 0.416 e. The molecule has 1 aromatic carbocycles. The van der Waals surface area contributed by atoms with Crippen molar-refractivity contribution in [3.63, 3.8) is 0 Å². The topological polar surface area (TPSA) is 66.9 Å². The monoisotopic (exact) mass is 464 g/mol. The zero-order chi connectivity index (χ0) is 23.6. The van der Waals surface area contributed by atoms with Gasteiger partial charge >= 0.3 is 12.1 Å². The highest BCUT2D eigenvalue weighted by Gasteiger charge is 2.42. The fourth-order valence-electron chi connectivity index (χ4n) is 3.97. The SMILES string of the molecule is CCOC(=O)C(C)(C)N1CCC(N(C(C)C)S(=O)(=O)c2cccc(C(F)(F)F)c2)CC1. The molecule has 0 aromatic heterocycles. The van der Waals surface area contributed by atoms with Crippen LogP contribution in [0, 0.1) is 0 Å². The summed E-state index contributed by atoms with van der Waals surface area (Å²) in [6.45, 7) is 9.90. The van der Waals surface area contributed by atoms with Crippen LogP contribution in [0.5, 0.6) is 0 Å². The Kier molecular flexibility index (Phi) is 7.81. The zero-order valence-electron chi connectivity index (χ0n) is 18.6. The van der Waals surface area contributed by atoms with Crippen molar-refractivity contribution in [2.24, 2.45) is 0 Å². The van der Waals surface area contributed by atoms with E-state index < -0.39 is 33.3 Å². The van der Waals surface area contributed by atoms with Gasteiger partial charge in [-0.05, 0) is 65.7 Å². The van der Waals surface area contributed by atoms with Crippen LogP contribution in [-0.4, -0.2) is 60.9 Å². The maximum absolute atomic E-state index is 13.3. The van der Waals surface area contributed by atoms with E-state index >= 15 is 0 Å². The van der Waals surface area contributed by atoms with Gasteiger partial charge in [-0.25, -0.2) is 8.42 Å². The number of benzene rings is 1. The number of ether oxygens (including phenoxy) is 1. The Morgan fingerprint density at radius 1 is 1.23 bits per heavy atom. The largest absolute Gasteiger partial charge is 0.465 e. The van der Waals surface area contributed by atoms with E-state index in [-0.39, 0.29) is 23.5 Å². The maximum Gasteiger partial charge on any atom is 0.416 e. The van der Waals surface area contributed by atoms with Crippen LogP contribution in [-0.2, 0) is 25.7 Å². The summed E-state index contributed by atoms with van der Waals surface area (Å²) in [5.41, 5.74) is -1.84. The summed E-state index contributed by atoms with van der Waals surface area (Å²) >= 11 is 0. The van der Waals surface area contributed by atoms with Gasteiger partial charge in [0.25, 0.3) is 0 Å². The number of carbonyl (C=O) groups is 1. The molecule has 0 atom stereocenters. The molecule has 0 radical (unpaired) electrons. The highest BCUT2D eigenvalue weighted by atomic mass is 32.2. The average Bonchev–Trinajstić information content (AvgIpc) is 2.67. The second kappa shape index (κ2) is 9.46. The van der Waals surface area contributed by atoms with Crippen LogP contribution in [0.2, 0.25) is 0 Å². The molecule has 0 N–H and O–H groups in total. The van der Waals surface area contributed by atoms with Gasteiger partial charge in [-0.2, -0.15) is 17.5 Å². The minimum absolute atomic E-state index is 0.273. The number of hydrogen-bond acceptors (Lipinski definition) is 5. The molecule has 0 unspecified atom stereocenters. The number of esters is 1. The molecule has 0 saturated carbocycles. The van der Waals surface area contributed by atoms with Gasteiger partial charge in [-0.15, -0.1) is 0 Å². The molecule has 0 spiro atoms. The van der Waals surface area contributed by atoms with Gasteiger partial charge in [-0.1, -0.05) is 6.07 Å². The molecule has 176 valence electrons. The molecular weight excluding hydrogens is 433 g/mol. The van der Waals surface area contributed by atoms with Crippen LogP contribution in [0.3, 0.4) is 0 Å². The predicted molar refractivity (Wildman–Crippen MR) is 111 cm³/mol. The maximum atomic E-state index is 13.3. The molecule has 1 aromatic rings. The number of hydrogen-bond donors (Lipinski definition) is 0. The van der Waals surface area contributed by atoms with Crippen LogP contribution in [0.4, 0.5) is 13.2 Å². The van der Waals surface area contributed by atoms with Crippen molar-refractivity contribution in [3.05, 3.63) is 29.8 Å². The fourth-order valence-corrected chi connectivity index (χ4v) is 5.89. The summed E-state index contributed by atoms with van der Waals surface area (Å²) in [6, 6.07) is 3.03. The molecule has 1 aliphatic heterocycles. The second-order valence-corrected chi connectivity index (χ2v) is 10.3. The molecule has 10 heteroatoms. The van der Waals surface area contributed by atoms with Crippen molar-refractivity contribution in [2.45, 2.75) is 76.2 Å². The molecule has 1 fully saturated rings. The minimum atomic E-state index is -4.63. The third-order valence-electron chi connectivity index (χ3n) is 5.64. The lowest BCUT2D eigenvalue weighted by Crippen LogP contribution is -2.57. The van der Waals surface area contributed by atoms with Crippen molar-refractivity contribution in [1.82, 2.24) is 9.21 Å². The molecule has 1 heterocycles. The van der Waals surface area contributed by atoms with Crippen molar-refractivity contribution < 1.29 is 31.1 Å². The van der Waals surface area contributed by atoms with Gasteiger partial charge < -0.3 is 4.74 Å². The molecule has 1 aliphatic rings. The normalized spacial score (nSPS) is 17.4. The van der Waals surface area contributed by atoms with E-state index in [9.17, 15) is 26.4 Å². The predicted octanol–water partition coefficient (Wildman–Crippen LogP) is 3.91. The molecule has 1 saturated heterocycles. The summed E-state index contributed by atoms with van der Waals surface area (Å²) < 4.78 is 72.3. The fraction of sp³-hybridized carbons (Fsp3) is 0.667. The molecule has 0 amide bonds. The summed E-state index contributed by atoms with van der Waals surface area (Å²) in [5, 5.41) is 0. The van der Waals surface area contributed by atoms with Crippen LogP contribution >= 0.6 is 0 Å². The van der Waals surface area contributed by atoms with Crippen molar-refractivity contribution in [1.29, 1.82) is 0 Å². The molecular formula is C21H31F3N2O4S. The van der Waals surface area contributed by atoms with Gasteiger partial charge in [0.15, 0.2) is 0 Å². The Bertz CT molecular complexity index is 877. The highest BCUT2D eigenvalue weighted by Crippen LogP contribution is 2.33. The van der Waals surface area contributed by atoms with Gasteiger partial charge in [-0.3, -0.25) is 9.69 Å². The number of alkyl halides is 3. The van der Waals surface area contributed by atoms with Gasteiger partial charge in [0.1, 0.15) is 5.54 Å². The Hall–Kier alpha value is -1.65. The number of sulfonamides is 1. The first-order valence-corrected chi connectivity index (χ1v) is 11.8. The van der Waals surface area contributed by atoms with E-state index in [2.05, 4.69) is 0 Å². The van der Waals surface area contributed by atoms with E-state index in [4.69, 9.17) is 4.74 Å². The standard InChI is InChI=1S/C21H31F3N2O4S/c1-6-30-19(27)20(4,5)25-12-10-17(11-13-25)26(15(2)3)31(28,29)18-9-7-8-16(14-18)21(22,23)24/h7-9,14-15,17H,6,10-13H2,1-5H3. The van der Waals surface area contributed by atoms with Crippen molar-refractivity contribution >= 4 is 16.0 Å².